The van der Waals surface area contributed by atoms with Gasteiger partial charge in [0.2, 0.25) is 5.91 Å². The van der Waals surface area contributed by atoms with Crippen LogP contribution in [0.25, 0.3) is 0 Å². The van der Waals surface area contributed by atoms with Crippen LogP contribution < -0.4 is 11.1 Å². The van der Waals surface area contributed by atoms with Gasteiger partial charge in [0, 0.05) is 6.54 Å². The number of carbonyl (C=O) groups is 2. The molecule has 0 aromatic carbocycles. The second-order valence-electron chi connectivity index (χ2n) is 6.26. The summed E-state index contributed by atoms with van der Waals surface area (Å²) in [6, 6.07) is -0.447. The van der Waals surface area contributed by atoms with Crippen LogP contribution in [0.1, 0.15) is 46.5 Å². The molecule has 0 bridgehead atoms. The minimum Gasteiger partial charge on any atom is -0.466 e. The second kappa shape index (κ2) is 7.75. The largest absolute Gasteiger partial charge is 0.466 e. The lowest BCUT2D eigenvalue weighted by Gasteiger charge is -2.36. The fraction of sp³-hybridized carbons (Fsp3) is 0.867. The van der Waals surface area contributed by atoms with Crippen LogP contribution in [0.15, 0.2) is 0 Å². The highest BCUT2D eigenvalue weighted by molar-refractivity contribution is 5.80. The van der Waals surface area contributed by atoms with Crippen molar-refractivity contribution in [1.82, 2.24) is 5.32 Å². The Labute approximate surface area is 126 Å². The standard InChI is InChI=1S/C15H28N2O4/c1-4-21-14(19)11-5-7-15(20,8-6-11)9-17-12(10(2)3)13(16)18/h10-12,17,20H,4-9H2,1-3H3,(H2,16,18). The van der Waals surface area contributed by atoms with E-state index < -0.39 is 17.6 Å². The number of esters is 1. The molecule has 0 aromatic heterocycles. The molecule has 1 amide bonds. The van der Waals surface area contributed by atoms with Gasteiger partial charge >= 0.3 is 5.97 Å². The fourth-order valence-electron chi connectivity index (χ4n) is 2.79. The summed E-state index contributed by atoms with van der Waals surface area (Å²) in [5, 5.41) is 13.6. The first-order valence-electron chi connectivity index (χ1n) is 7.71. The molecule has 0 aromatic rings. The van der Waals surface area contributed by atoms with Gasteiger partial charge in [0.1, 0.15) is 0 Å². The zero-order chi connectivity index (χ0) is 16.0. The first-order chi connectivity index (χ1) is 9.79. The number of nitrogens with one attached hydrogen (secondary N) is 1. The third kappa shape index (κ3) is 5.28. The predicted molar refractivity (Wildman–Crippen MR) is 79.4 cm³/mol. The molecule has 6 heteroatoms. The van der Waals surface area contributed by atoms with E-state index >= 15 is 0 Å². The average molecular weight is 300 g/mol. The number of carbonyl (C=O) groups excluding carboxylic acids is 2. The van der Waals surface area contributed by atoms with E-state index in [0.717, 1.165) is 0 Å². The van der Waals surface area contributed by atoms with Crippen molar-refractivity contribution in [2.75, 3.05) is 13.2 Å². The molecule has 0 spiro atoms. The van der Waals surface area contributed by atoms with Crippen molar-refractivity contribution in [3.8, 4) is 0 Å². The molecular formula is C15H28N2O4. The van der Waals surface area contributed by atoms with E-state index in [1.165, 1.54) is 0 Å². The highest BCUT2D eigenvalue weighted by Gasteiger charge is 2.37. The first kappa shape index (κ1) is 17.9. The van der Waals surface area contributed by atoms with Crippen LogP contribution in [0.5, 0.6) is 0 Å². The molecule has 1 atom stereocenters. The Kier molecular flexibility index (Phi) is 6.61. The maximum Gasteiger partial charge on any atom is 0.308 e. The monoisotopic (exact) mass is 300 g/mol. The summed E-state index contributed by atoms with van der Waals surface area (Å²) >= 11 is 0. The molecule has 6 nitrogen and oxygen atoms in total. The zero-order valence-electron chi connectivity index (χ0n) is 13.2. The second-order valence-corrected chi connectivity index (χ2v) is 6.26. The molecule has 4 N–H and O–H groups in total. The summed E-state index contributed by atoms with van der Waals surface area (Å²) in [5.41, 5.74) is 4.46. The molecule has 0 radical (unpaired) electrons. The number of primary amides is 1. The van der Waals surface area contributed by atoms with E-state index in [-0.39, 0.29) is 17.8 Å². The van der Waals surface area contributed by atoms with E-state index in [0.29, 0.717) is 38.8 Å². The number of rotatable bonds is 7. The van der Waals surface area contributed by atoms with E-state index in [1.807, 2.05) is 13.8 Å². The smallest absolute Gasteiger partial charge is 0.308 e. The Morgan fingerprint density at radius 1 is 1.38 bits per heavy atom. The average Bonchev–Trinajstić information content (AvgIpc) is 2.39. The Balaban J connectivity index is 2.47. The van der Waals surface area contributed by atoms with Crippen molar-refractivity contribution in [2.45, 2.75) is 58.1 Å². The molecule has 1 rings (SSSR count). The van der Waals surface area contributed by atoms with Crippen LogP contribution in [-0.4, -0.2) is 41.8 Å². The molecule has 1 aliphatic rings. The van der Waals surface area contributed by atoms with Gasteiger partial charge in [-0.3, -0.25) is 9.59 Å². The molecule has 1 fully saturated rings. The lowest BCUT2D eigenvalue weighted by atomic mass is 9.78. The van der Waals surface area contributed by atoms with Gasteiger partial charge in [-0.15, -0.1) is 0 Å². The van der Waals surface area contributed by atoms with E-state index in [4.69, 9.17) is 10.5 Å². The van der Waals surface area contributed by atoms with E-state index in [9.17, 15) is 14.7 Å². The molecule has 0 aliphatic heterocycles. The highest BCUT2D eigenvalue weighted by atomic mass is 16.5. The summed E-state index contributed by atoms with van der Waals surface area (Å²) in [7, 11) is 0. The first-order valence-corrected chi connectivity index (χ1v) is 7.71. The van der Waals surface area contributed by atoms with Gasteiger partial charge in [0.05, 0.1) is 24.2 Å². The van der Waals surface area contributed by atoms with Crippen molar-refractivity contribution < 1.29 is 19.4 Å². The van der Waals surface area contributed by atoms with E-state index in [2.05, 4.69) is 5.32 Å². The number of amides is 1. The highest BCUT2D eigenvalue weighted by Crippen LogP contribution is 2.32. The van der Waals surface area contributed by atoms with Gasteiger partial charge in [-0.25, -0.2) is 0 Å². The lowest BCUT2D eigenvalue weighted by Crippen LogP contribution is -2.52. The predicted octanol–water partition coefficient (Wildman–Crippen LogP) is 0.570. The van der Waals surface area contributed by atoms with Crippen LogP contribution in [0.4, 0.5) is 0 Å². The van der Waals surface area contributed by atoms with Crippen LogP contribution in [0.3, 0.4) is 0 Å². The van der Waals surface area contributed by atoms with Crippen LogP contribution in [0, 0.1) is 11.8 Å². The van der Waals surface area contributed by atoms with Crippen LogP contribution in [-0.2, 0) is 14.3 Å². The Hall–Kier alpha value is -1.14. The van der Waals surface area contributed by atoms with Crippen molar-refractivity contribution >= 4 is 11.9 Å². The van der Waals surface area contributed by atoms with Crippen LogP contribution in [0.2, 0.25) is 0 Å². The number of ether oxygens (including phenoxy) is 1. The number of hydrogen-bond donors (Lipinski definition) is 3. The van der Waals surface area contributed by atoms with Gasteiger partial charge in [0.25, 0.3) is 0 Å². The Bertz CT molecular complexity index is 363. The van der Waals surface area contributed by atoms with Gasteiger partial charge in [0.15, 0.2) is 0 Å². The molecule has 1 saturated carbocycles. The molecule has 1 unspecified atom stereocenters. The summed E-state index contributed by atoms with van der Waals surface area (Å²) < 4.78 is 5.01. The Morgan fingerprint density at radius 2 is 1.95 bits per heavy atom. The van der Waals surface area contributed by atoms with E-state index in [1.54, 1.807) is 6.92 Å². The molecule has 122 valence electrons. The van der Waals surface area contributed by atoms with Crippen molar-refractivity contribution in [1.29, 1.82) is 0 Å². The molecule has 1 aliphatic carbocycles. The number of aliphatic hydroxyl groups is 1. The quantitative estimate of drug-likeness (QED) is 0.597. The SMILES string of the molecule is CCOC(=O)C1CCC(O)(CNC(C(N)=O)C(C)C)CC1. The molecule has 0 heterocycles. The molecular weight excluding hydrogens is 272 g/mol. The topological polar surface area (TPSA) is 102 Å². The van der Waals surface area contributed by atoms with Gasteiger partial charge in [-0.05, 0) is 38.5 Å². The number of hydrogen-bond acceptors (Lipinski definition) is 5. The summed E-state index contributed by atoms with van der Waals surface area (Å²) in [4.78, 5) is 23.0. The van der Waals surface area contributed by atoms with Gasteiger partial charge < -0.3 is 20.9 Å². The molecule has 0 saturated heterocycles. The normalized spacial score (nSPS) is 27.4. The maximum atomic E-state index is 11.7. The zero-order valence-corrected chi connectivity index (χ0v) is 13.2. The van der Waals surface area contributed by atoms with Gasteiger partial charge in [-0.2, -0.15) is 0 Å². The Morgan fingerprint density at radius 3 is 2.38 bits per heavy atom. The summed E-state index contributed by atoms with van der Waals surface area (Å²) in [6.45, 7) is 6.30. The van der Waals surface area contributed by atoms with Crippen molar-refractivity contribution in [2.24, 2.45) is 17.6 Å². The third-order valence-corrected chi connectivity index (χ3v) is 4.16. The minimum atomic E-state index is -0.883. The van der Waals surface area contributed by atoms with Crippen molar-refractivity contribution in [3.05, 3.63) is 0 Å². The minimum absolute atomic E-state index is 0.0713. The summed E-state index contributed by atoms with van der Waals surface area (Å²) in [6.07, 6.45) is 2.26. The third-order valence-electron chi connectivity index (χ3n) is 4.16. The fourth-order valence-corrected chi connectivity index (χ4v) is 2.79. The number of nitrogens with two attached hydrogens (primary N) is 1. The maximum absolute atomic E-state index is 11.7. The lowest BCUT2D eigenvalue weighted by molar-refractivity contribution is -0.151. The van der Waals surface area contributed by atoms with Gasteiger partial charge in [-0.1, -0.05) is 13.8 Å². The van der Waals surface area contributed by atoms with Crippen molar-refractivity contribution in [3.63, 3.8) is 0 Å². The molecule has 21 heavy (non-hydrogen) atoms. The van der Waals surface area contributed by atoms with Crippen LogP contribution >= 0.6 is 0 Å². The summed E-state index contributed by atoms with van der Waals surface area (Å²) in [5.74, 6) is -0.636.